The third-order valence-corrected chi connectivity index (χ3v) is 2.40. The van der Waals surface area contributed by atoms with Crippen LogP contribution < -0.4 is 0 Å². The molecule has 2 heteroatoms. The maximum atomic E-state index is 8.85. The fourth-order valence-corrected chi connectivity index (χ4v) is 1.75. The Kier molecular flexibility index (Phi) is 2.69. The second-order valence-electron chi connectivity index (χ2n) is 3.45. The van der Waals surface area contributed by atoms with Crippen molar-refractivity contribution < 1.29 is 10.2 Å². The van der Waals surface area contributed by atoms with E-state index in [1.165, 1.54) is 6.42 Å². The minimum Gasteiger partial charge on any atom is -0.368 e. The van der Waals surface area contributed by atoms with Gasteiger partial charge in [0, 0.05) is 5.92 Å². The molecule has 0 unspecified atom stereocenters. The van der Waals surface area contributed by atoms with Crippen LogP contribution in [0.3, 0.4) is 0 Å². The van der Waals surface area contributed by atoms with Gasteiger partial charge in [-0.1, -0.05) is 19.8 Å². The molecular weight excluding hydrogens is 128 g/mol. The van der Waals surface area contributed by atoms with Gasteiger partial charge in [0.1, 0.15) is 0 Å². The van der Waals surface area contributed by atoms with Gasteiger partial charge in [0.05, 0.1) is 0 Å². The average Bonchev–Trinajstić information content (AvgIpc) is 1.88. The summed E-state index contributed by atoms with van der Waals surface area (Å²) in [5, 5.41) is 17.7. The lowest BCUT2D eigenvalue weighted by molar-refractivity contribution is -0.0971. The molecule has 0 spiro atoms. The molecule has 1 aliphatic rings. The Labute approximate surface area is 61.9 Å². The standard InChI is InChI=1S/C8H16O2/c1-6-3-2-4-7(5-6)8(9)10/h6-10H,2-5H2,1H3/t6-,7+/m1/s1. The molecule has 10 heavy (non-hydrogen) atoms. The highest BCUT2D eigenvalue weighted by Crippen LogP contribution is 2.29. The predicted octanol–water partition coefficient (Wildman–Crippen LogP) is 1.12. The van der Waals surface area contributed by atoms with Gasteiger partial charge in [-0.15, -0.1) is 0 Å². The lowest BCUT2D eigenvalue weighted by Crippen LogP contribution is -2.25. The van der Waals surface area contributed by atoms with Crippen molar-refractivity contribution >= 4 is 0 Å². The molecule has 0 bridgehead atoms. The Bertz CT molecular complexity index is 101. The second-order valence-corrected chi connectivity index (χ2v) is 3.45. The first-order valence-electron chi connectivity index (χ1n) is 4.06. The molecule has 0 amide bonds. The van der Waals surface area contributed by atoms with Crippen LogP contribution in [0.2, 0.25) is 0 Å². The maximum absolute atomic E-state index is 8.85. The molecule has 0 aromatic heterocycles. The Hall–Kier alpha value is -0.0800. The van der Waals surface area contributed by atoms with Crippen molar-refractivity contribution in [3.8, 4) is 0 Å². The number of rotatable bonds is 1. The molecule has 2 atom stereocenters. The minimum absolute atomic E-state index is 0.142. The van der Waals surface area contributed by atoms with E-state index in [0.717, 1.165) is 19.3 Å². The Morgan fingerprint density at radius 3 is 2.40 bits per heavy atom. The van der Waals surface area contributed by atoms with E-state index in [0.29, 0.717) is 5.92 Å². The van der Waals surface area contributed by atoms with Gasteiger partial charge in [-0.05, 0) is 18.8 Å². The molecule has 1 fully saturated rings. The van der Waals surface area contributed by atoms with Crippen molar-refractivity contribution in [3.63, 3.8) is 0 Å². The summed E-state index contributed by atoms with van der Waals surface area (Å²) in [7, 11) is 0. The zero-order chi connectivity index (χ0) is 7.56. The molecule has 0 radical (unpaired) electrons. The van der Waals surface area contributed by atoms with Crippen LogP contribution in [0.1, 0.15) is 32.6 Å². The van der Waals surface area contributed by atoms with Gasteiger partial charge in [0.2, 0.25) is 0 Å². The summed E-state index contributed by atoms with van der Waals surface area (Å²) in [5.41, 5.74) is 0. The quantitative estimate of drug-likeness (QED) is 0.541. The summed E-state index contributed by atoms with van der Waals surface area (Å²) in [6, 6.07) is 0. The van der Waals surface area contributed by atoms with Crippen LogP contribution in [-0.2, 0) is 0 Å². The van der Waals surface area contributed by atoms with Gasteiger partial charge in [-0.3, -0.25) is 0 Å². The van der Waals surface area contributed by atoms with Crippen LogP contribution in [0, 0.1) is 11.8 Å². The number of hydrogen-bond donors (Lipinski definition) is 2. The first kappa shape index (κ1) is 8.02. The van der Waals surface area contributed by atoms with Gasteiger partial charge in [-0.2, -0.15) is 0 Å². The summed E-state index contributed by atoms with van der Waals surface area (Å²) in [6.45, 7) is 2.18. The summed E-state index contributed by atoms with van der Waals surface area (Å²) in [5.74, 6) is 0.823. The van der Waals surface area contributed by atoms with Crippen molar-refractivity contribution in [3.05, 3.63) is 0 Å². The highest BCUT2D eigenvalue weighted by Gasteiger charge is 2.23. The van der Waals surface area contributed by atoms with Crippen molar-refractivity contribution in [1.29, 1.82) is 0 Å². The van der Waals surface area contributed by atoms with Crippen molar-refractivity contribution in [1.82, 2.24) is 0 Å². The van der Waals surface area contributed by atoms with Crippen molar-refractivity contribution in [2.75, 3.05) is 0 Å². The molecule has 60 valence electrons. The molecule has 0 aromatic rings. The molecule has 2 nitrogen and oxygen atoms in total. The van der Waals surface area contributed by atoms with E-state index in [-0.39, 0.29) is 5.92 Å². The highest BCUT2D eigenvalue weighted by molar-refractivity contribution is 4.71. The third-order valence-electron chi connectivity index (χ3n) is 2.40. The monoisotopic (exact) mass is 144 g/mol. The fourth-order valence-electron chi connectivity index (χ4n) is 1.75. The Balaban J connectivity index is 2.32. The smallest absolute Gasteiger partial charge is 0.154 e. The zero-order valence-corrected chi connectivity index (χ0v) is 6.45. The number of aliphatic hydroxyl groups excluding tert-OH is 1. The van der Waals surface area contributed by atoms with Crippen LogP contribution >= 0.6 is 0 Å². The van der Waals surface area contributed by atoms with E-state index in [9.17, 15) is 0 Å². The lowest BCUT2D eigenvalue weighted by Gasteiger charge is -2.27. The lowest BCUT2D eigenvalue weighted by atomic mass is 9.82. The van der Waals surface area contributed by atoms with Gasteiger partial charge in [0.25, 0.3) is 0 Å². The summed E-state index contributed by atoms with van der Waals surface area (Å²) in [4.78, 5) is 0. The highest BCUT2D eigenvalue weighted by atomic mass is 16.5. The number of aliphatic hydroxyl groups is 2. The predicted molar refractivity (Wildman–Crippen MR) is 39.3 cm³/mol. The van der Waals surface area contributed by atoms with E-state index in [1.807, 2.05) is 0 Å². The van der Waals surface area contributed by atoms with E-state index in [1.54, 1.807) is 0 Å². The summed E-state index contributed by atoms with van der Waals surface area (Å²) in [6.07, 6.45) is 3.30. The Morgan fingerprint density at radius 1 is 1.30 bits per heavy atom. The summed E-state index contributed by atoms with van der Waals surface area (Å²) < 4.78 is 0. The number of hydrogen-bond acceptors (Lipinski definition) is 2. The fraction of sp³-hybridized carbons (Fsp3) is 1.00. The van der Waals surface area contributed by atoms with Gasteiger partial charge in [-0.25, -0.2) is 0 Å². The largest absolute Gasteiger partial charge is 0.368 e. The molecule has 1 aliphatic carbocycles. The van der Waals surface area contributed by atoms with Gasteiger partial charge in [0.15, 0.2) is 6.29 Å². The van der Waals surface area contributed by atoms with Crippen LogP contribution in [0.25, 0.3) is 0 Å². The molecule has 0 saturated heterocycles. The molecule has 0 aromatic carbocycles. The Morgan fingerprint density at radius 2 is 2.00 bits per heavy atom. The maximum Gasteiger partial charge on any atom is 0.154 e. The molecule has 0 heterocycles. The van der Waals surface area contributed by atoms with Gasteiger partial charge >= 0.3 is 0 Å². The van der Waals surface area contributed by atoms with Gasteiger partial charge < -0.3 is 10.2 Å². The van der Waals surface area contributed by atoms with E-state index in [4.69, 9.17) is 10.2 Å². The SMILES string of the molecule is C[C@@H]1CCC[C@H](C(O)O)C1. The normalized spacial score (nSPS) is 34.8. The van der Waals surface area contributed by atoms with Crippen LogP contribution in [0.5, 0.6) is 0 Å². The minimum atomic E-state index is -1.08. The van der Waals surface area contributed by atoms with Crippen LogP contribution in [0.15, 0.2) is 0 Å². The molecule has 1 saturated carbocycles. The first-order valence-corrected chi connectivity index (χ1v) is 4.06. The molecule has 2 N–H and O–H groups in total. The zero-order valence-electron chi connectivity index (χ0n) is 6.45. The van der Waals surface area contributed by atoms with Crippen LogP contribution in [0.4, 0.5) is 0 Å². The molecule has 1 rings (SSSR count). The van der Waals surface area contributed by atoms with Crippen LogP contribution in [-0.4, -0.2) is 16.5 Å². The third kappa shape index (κ3) is 1.96. The van der Waals surface area contributed by atoms with Crippen molar-refractivity contribution in [2.45, 2.75) is 38.9 Å². The molecule has 0 aliphatic heterocycles. The average molecular weight is 144 g/mol. The summed E-state index contributed by atoms with van der Waals surface area (Å²) >= 11 is 0. The van der Waals surface area contributed by atoms with E-state index in [2.05, 4.69) is 6.92 Å². The molecular formula is C8H16O2. The topological polar surface area (TPSA) is 40.5 Å². The second kappa shape index (κ2) is 3.35. The first-order chi connectivity index (χ1) is 4.70. The van der Waals surface area contributed by atoms with E-state index < -0.39 is 6.29 Å². The van der Waals surface area contributed by atoms with Crippen molar-refractivity contribution in [2.24, 2.45) is 11.8 Å². The van der Waals surface area contributed by atoms with E-state index >= 15 is 0 Å².